The Labute approximate surface area is 179 Å². The number of para-hydroxylation sites is 1. The van der Waals surface area contributed by atoms with Crippen molar-refractivity contribution >= 4 is 17.9 Å². The molecule has 1 aliphatic heterocycles. The van der Waals surface area contributed by atoms with E-state index in [1.165, 1.54) is 6.92 Å². The van der Waals surface area contributed by atoms with Crippen LogP contribution in [0.5, 0.6) is 0 Å². The number of rotatable bonds is 5. The highest BCUT2D eigenvalue weighted by Crippen LogP contribution is 2.27. The van der Waals surface area contributed by atoms with Crippen LogP contribution in [-0.2, 0) is 9.53 Å². The van der Waals surface area contributed by atoms with Crippen LogP contribution >= 0.6 is 0 Å². The maximum absolute atomic E-state index is 13.1. The Hall–Kier alpha value is -3.94. The third-order valence-electron chi connectivity index (χ3n) is 5.11. The molecular weight excluding hydrogens is 396 g/mol. The summed E-state index contributed by atoms with van der Waals surface area (Å²) in [4.78, 5) is 38.4. The van der Waals surface area contributed by atoms with Gasteiger partial charge in [-0.2, -0.15) is 5.10 Å². The number of benzene rings is 2. The Kier molecular flexibility index (Phi) is 5.53. The summed E-state index contributed by atoms with van der Waals surface area (Å²) < 4.78 is 7.06. The van der Waals surface area contributed by atoms with Crippen molar-refractivity contribution in [2.45, 2.75) is 20.0 Å². The van der Waals surface area contributed by atoms with Gasteiger partial charge in [0, 0.05) is 24.8 Å². The first-order valence-electron chi connectivity index (χ1n) is 9.97. The van der Waals surface area contributed by atoms with Gasteiger partial charge in [0.25, 0.3) is 5.91 Å². The van der Waals surface area contributed by atoms with Crippen LogP contribution in [0.2, 0.25) is 0 Å². The number of carbonyl (C=O) groups excluding carboxylic acids is 3. The Morgan fingerprint density at radius 2 is 1.81 bits per heavy atom. The van der Waals surface area contributed by atoms with E-state index in [-0.39, 0.29) is 12.1 Å². The SMILES string of the molecule is Cc1ccccc1-c1nn(-c2ccccc2)cc1C(=O)O[C@H](C)C(=O)N1CCNC1=O. The van der Waals surface area contributed by atoms with Gasteiger partial charge in [-0.25, -0.2) is 14.3 Å². The summed E-state index contributed by atoms with van der Waals surface area (Å²) in [6.45, 7) is 4.03. The highest BCUT2D eigenvalue weighted by molar-refractivity contribution is 6.01. The molecule has 0 saturated carbocycles. The molecule has 3 aromatic rings. The molecule has 2 heterocycles. The molecule has 1 saturated heterocycles. The van der Waals surface area contributed by atoms with Gasteiger partial charge in [-0.15, -0.1) is 0 Å². The van der Waals surface area contributed by atoms with E-state index in [0.29, 0.717) is 12.2 Å². The number of hydrogen-bond donors (Lipinski definition) is 1. The number of carbonyl (C=O) groups is 3. The average Bonchev–Trinajstić information content (AvgIpc) is 3.41. The van der Waals surface area contributed by atoms with Crippen molar-refractivity contribution in [1.29, 1.82) is 0 Å². The van der Waals surface area contributed by atoms with Gasteiger partial charge in [0.05, 0.1) is 5.69 Å². The maximum Gasteiger partial charge on any atom is 0.342 e. The smallest absolute Gasteiger partial charge is 0.342 e. The van der Waals surface area contributed by atoms with Crippen LogP contribution in [0.3, 0.4) is 0 Å². The molecule has 0 radical (unpaired) electrons. The second-order valence-electron chi connectivity index (χ2n) is 7.26. The van der Waals surface area contributed by atoms with Crippen molar-refractivity contribution in [2.24, 2.45) is 0 Å². The van der Waals surface area contributed by atoms with E-state index in [1.54, 1.807) is 10.9 Å². The standard InChI is InChI=1S/C23H22N4O4/c1-15-8-6-7-11-18(15)20-19(14-27(25-20)17-9-4-3-5-10-17)22(29)31-16(2)21(28)26-13-12-24-23(26)30/h3-11,14,16H,12-13H2,1-2H3,(H,24,30)/t16-/m1/s1. The molecule has 0 unspecified atom stereocenters. The predicted molar refractivity (Wildman–Crippen MR) is 114 cm³/mol. The Morgan fingerprint density at radius 3 is 2.48 bits per heavy atom. The van der Waals surface area contributed by atoms with Gasteiger partial charge in [0.15, 0.2) is 6.10 Å². The van der Waals surface area contributed by atoms with E-state index in [0.717, 1.165) is 21.7 Å². The van der Waals surface area contributed by atoms with Crippen molar-refractivity contribution in [3.05, 3.63) is 71.9 Å². The third kappa shape index (κ3) is 4.05. The fourth-order valence-electron chi connectivity index (χ4n) is 3.45. The zero-order chi connectivity index (χ0) is 22.0. The first kappa shape index (κ1) is 20.3. The Bertz CT molecular complexity index is 1140. The predicted octanol–water partition coefficient (Wildman–Crippen LogP) is 2.94. The molecule has 4 rings (SSSR count). The summed E-state index contributed by atoms with van der Waals surface area (Å²) >= 11 is 0. The van der Waals surface area contributed by atoms with E-state index < -0.39 is 24.0 Å². The first-order chi connectivity index (χ1) is 15.0. The molecule has 1 atom stereocenters. The molecule has 31 heavy (non-hydrogen) atoms. The number of urea groups is 1. The van der Waals surface area contributed by atoms with Crippen LogP contribution in [-0.4, -0.2) is 51.8 Å². The van der Waals surface area contributed by atoms with Crippen LogP contribution in [0.15, 0.2) is 60.8 Å². The second-order valence-corrected chi connectivity index (χ2v) is 7.26. The summed E-state index contributed by atoms with van der Waals surface area (Å²) in [5.74, 6) is -1.24. The van der Waals surface area contributed by atoms with Crippen molar-refractivity contribution in [2.75, 3.05) is 13.1 Å². The lowest BCUT2D eigenvalue weighted by Gasteiger charge is -2.18. The number of aromatic nitrogens is 2. The van der Waals surface area contributed by atoms with Gasteiger partial charge < -0.3 is 10.1 Å². The summed E-state index contributed by atoms with van der Waals surface area (Å²) in [7, 11) is 0. The second kappa shape index (κ2) is 8.43. The van der Waals surface area contributed by atoms with Crippen LogP contribution in [0.1, 0.15) is 22.8 Å². The molecule has 1 fully saturated rings. The van der Waals surface area contributed by atoms with E-state index in [1.807, 2.05) is 61.5 Å². The normalized spacial score (nSPS) is 14.3. The fraction of sp³-hybridized carbons (Fsp3) is 0.217. The van der Waals surface area contributed by atoms with Gasteiger partial charge in [0.1, 0.15) is 11.3 Å². The number of esters is 1. The first-order valence-corrected chi connectivity index (χ1v) is 9.97. The third-order valence-corrected chi connectivity index (χ3v) is 5.11. The Morgan fingerprint density at radius 1 is 1.10 bits per heavy atom. The number of nitrogens with zero attached hydrogens (tertiary/aromatic N) is 3. The number of amides is 3. The van der Waals surface area contributed by atoms with E-state index >= 15 is 0 Å². The van der Waals surface area contributed by atoms with Gasteiger partial charge in [-0.1, -0.05) is 42.5 Å². The lowest BCUT2D eigenvalue weighted by atomic mass is 10.0. The minimum Gasteiger partial charge on any atom is -0.449 e. The minimum absolute atomic E-state index is 0.240. The molecule has 3 amide bonds. The Balaban J connectivity index is 1.67. The highest BCUT2D eigenvalue weighted by atomic mass is 16.5. The zero-order valence-corrected chi connectivity index (χ0v) is 17.2. The average molecular weight is 418 g/mol. The lowest BCUT2D eigenvalue weighted by molar-refractivity contribution is -0.136. The number of hydrogen-bond acceptors (Lipinski definition) is 5. The summed E-state index contributed by atoms with van der Waals surface area (Å²) in [5.41, 5.74) is 3.23. The van der Waals surface area contributed by atoms with E-state index in [2.05, 4.69) is 10.4 Å². The van der Waals surface area contributed by atoms with E-state index in [9.17, 15) is 14.4 Å². The van der Waals surface area contributed by atoms with Gasteiger partial charge in [-0.05, 0) is 31.5 Å². The number of ether oxygens (including phenoxy) is 1. The highest BCUT2D eigenvalue weighted by Gasteiger charge is 2.32. The molecule has 0 aliphatic carbocycles. The monoisotopic (exact) mass is 418 g/mol. The number of aryl methyl sites for hydroxylation is 1. The summed E-state index contributed by atoms with van der Waals surface area (Å²) in [5, 5.41) is 7.19. The molecule has 2 aromatic carbocycles. The van der Waals surface area contributed by atoms with Crippen molar-refractivity contribution < 1.29 is 19.1 Å². The molecule has 0 bridgehead atoms. The van der Waals surface area contributed by atoms with Crippen LogP contribution in [0, 0.1) is 6.92 Å². The molecule has 1 N–H and O–H groups in total. The molecule has 8 heteroatoms. The topological polar surface area (TPSA) is 93.5 Å². The van der Waals surface area contributed by atoms with Crippen LogP contribution < -0.4 is 5.32 Å². The summed E-state index contributed by atoms with van der Waals surface area (Å²) in [6, 6.07) is 16.5. The largest absolute Gasteiger partial charge is 0.449 e. The van der Waals surface area contributed by atoms with Crippen LogP contribution in [0.4, 0.5) is 4.79 Å². The molecular formula is C23H22N4O4. The van der Waals surface area contributed by atoms with E-state index in [4.69, 9.17) is 4.74 Å². The van der Waals surface area contributed by atoms with Crippen molar-refractivity contribution in [3.63, 3.8) is 0 Å². The van der Waals surface area contributed by atoms with Crippen molar-refractivity contribution in [3.8, 4) is 16.9 Å². The molecule has 0 spiro atoms. The summed E-state index contributed by atoms with van der Waals surface area (Å²) in [6.07, 6.45) is 0.486. The lowest BCUT2D eigenvalue weighted by Crippen LogP contribution is -2.41. The van der Waals surface area contributed by atoms with Gasteiger partial charge in [0.2, 0.25) is 0 Å². The molecule has 1 aliphatic rings. The zero-order valence-electron chi connectivity index (χ0n) is 17.2. The van der Waals surface area contributed by atoms with Crippen molar-refractivity contribution in [1.82, 2.24) is 20.0 Å². The van der Waals surface area contributed by atoms with Gasteiger partial charge >= 0.3 is 12.0 Å². The number of imide groups is 1. The fourth-order valence-corrected chi connectivity index (χ4v) is 3.45. The minimum atomic E-state index is -1.11. The molecule has 8 nitrogen and oxygen atoms in total. The number of nitrogens with one attached hydrogen (secondary N) is 1. The van der Waals surface area contributed by atoms with Crippen LogP contribution in [0.25, 0.3) is 16.9 Å². The quantitative estimate of drug-likeness (QED) is 0.643. The maximum atomic E-state index is 13.1. The molecule has 1 aromatic heterocycles. The molecule has 158 valence electrons. The van der Waals surface area contributed by atoms with Gasteiger partial charge in [-0.3, -0.25) is 9.69 Å².